The van der Waals surface area contributed by atoms with Crippen LogP contribution in [0.2, 0.25) is 0 Å². The van der Waals surface area contributed by atoms with E-state index in [-0.39, 0.29) is 10.8 Å². The van der Waals surface area contributed by atoms with Crippen LogP contribution in [0, 0.1) is 5.41 Å². The first-order valence-electron chi connectivity index (χ1n) is 6.06. The van der Waals surface area contributed by atoms with E-state index in [0.717, 1.165) is 11.1 Å². The van der Waals surface area contributed by atoms with Gasteiger partial charge < -0.3 is 5.11 Å². The summed E-state index contributed by atoms with van der Waals surface area (Å²) in [6.45, 7) is 4.18. The van der Waals surface area contributed by atoms with Crippen molar-refractivity contribution < 1.29 is 9.90 Å². The standard InChI is InChI=1S/C15H17ClO2/c1-15(2)9-12(10-6-4-3-5-7-10)11(14(17)18)8-13(15)16/h3-7,13H,8-9H2,1-2H3,(H,17,18). The first-order valence-corrected chi connectivity index (χ1v) is 6.50. The number of halogens is 1. The maximum Gasteiger partial charge on any atom is 0.331 e. The Hall–Kier alpha value is -1.28. The molecule has 1 unspecified atom stereocenters. The average Bonchev–Trinajstić information content (AvgIpc) is 2.33. The molecule has 0 spiro atoms. The highest BCUT2D eigenvalue weighted by atomic mass is 35.5. The molecule has 0 amide bonds. The number of hydrogen-bond donors (Lipinski definition) is 1. The van der Waals surface area contributed by atoms with Gasteiger partial charge in [-0.05, 0) is 29.4 Å². The van der Waals surface area contributed by atoms with Gasteiger partial charge >= 0.3 is 5.97 Å². The lowest BCUT2D eigenvalue weighted by molar-refractivity contribution is -0.132. The summed E-state index contributed by atoms with van der Waals surface area (Å²) in [7, 11) is 0. The Morgan fingerprint density at radius 2 is 1.94 bits per heavy atom. The molecule has 0 heterocycles. The molecule has 1 N–H and O–H groups in total. The zero-order valence-corrected chi connectivity index (χ0v) is 11.4. The molecule has 0 fully saturated rings. The lowest BCUT2D eigenvalue weighted by atomic mass is 9.72. The Labute approximate surface area is 112 Å². The second-order valence-corrected chi connectivity index (χ2v) is 5.99. The fraction of sp³-hybridized carbons (Fsp3) is 0.400. The van der Waals surface area contributed by atoms with Crippen molar-refractivity contribution in [1.29, 1.82) is 0 Å². The third-order valence-electron chi connectivity index (χ3n) is 3.61. The lowest BCUT2D eigenvalue weighted by Gasteiger charge is -2.36. The number of benzene rings is 1. The van der Waals surface area contributed by atoms with E-state index in [1.807, 2.05) is 30.3 Å². The van der Waals surface area contributed by atoms with Gasteiger partial charge in [0.05, 0.1) is 0 Å². The highest BCUT2D eigenvalue weighted by molar-refractivity contribution is 6.22. The molecule has 3 heteroatoms. The van der Waals surface area contributed by atoms with Crippen LogP contribution in [-0.2, 0) is 4.79 Å². The van der Waals surface area contributed by atoms with Crippen molar-refractivity contribution in [3.63, 3.8) is 0 Å². The number of carboxylic acids is 1. The Morgan fingerprint density at radius 1 is 1.33 bits per heavy atom. The van der Waals surface area contributed by atoms with Crippen LogP contribution in [-0.4, -0.2) is 16.5 Å². The molecule has 0 saturated heterocycles. The summed E-state index contributed by atoms with van der Waals surface area (Å²) in [4.78, 5) is 11.4. The zero-order valence-electron chi connectivity index (χ0n) is 10.6. The number of hydrogen-bond acceptors (Lipinski definition) is 1. The summed E-state index contributed by atoms with van der Waals surface area (Å²) in [6.07, 6.45) is 1.13. The molecule has 0 bridgehead atoms. The maximum atomic E-state index is 11.4. The summed E-state index contributed by atoms with van der Waals surface area (Å²) in [5.74, 6) is -0.852. The molecule has 1 atom stereocenters. The normalized spacial score (nSPS) is 22.9. The van der Waals surface area contributed by atoms with Gasteiger partial charge in [-0.3, -0.25) is 0 Å². The topological polar surface area (TPSA) is 37.3 Å². The van der Waals surface area contributed by atoms with E-state index in [2.05, 4.69) is 13.8 Å². The van der Waals surface area contributed by atoms with Crippen LogP contribution < -0.4 is 0 Å². The molecule has 1 aromatic rings. The smallest absolute Gasteiger partial charge is 0.331 e. The van der Waals surface area contributed by atoms with Crippen molar-refractivity contribution in [2.75, 3.05) is 0 Å². The number of allylic oxidation sites excluding steroid dienone is 1. The Morgan fingerprint density at radius 3 is 2.50 bits per heavy atom. The summed E-state index contributed by atoms with van der Waals surface area (Å²) >= 11 is 6.30. The molecule has 1 aromatic carbocycles. The molecule has 0 aromatic heterocycles. The first-order chi connectivity index (χ1) is 8.42. The molecule has 0 radical (unpaired) electrons. The molecule has 18 heavy (non-hydrogen) atoms. The predicted molar refractivity (Wildman–Crippen MR) is 73.7 cm³/mol. The van der Waals surface area contributed by atoms with Gasteiger partial charge in [0.15, 0.2) is 0 Å². The summed E-state index contributed by atoms with van der Waals surface area (Å²) in [5.41, 5.74) is 2.29. The quantitative estimate of drug-likeness (QED) is 0.821. The van der Waals surface area contributed by atoms with E-state index in [9.17, 15) is 9.90 Å². The monoisotopic (exact) mass is 264 g/mol. The van der Waals surface area contributed by atoms with Gasteiger partial charge in [-0.25, -0.2) is 4.79 Å². The molecule has 1 aliphatic carbocycles. The SMILES string of the molecule is CC1(C)CC(c2ccccc2)=C(C(=O)O)CC1Cl. The molecule has 0 aliphatic heterocycles. The van der Waals surface area contributed by atoms with E-state index in [1.54, 1.807) is 0 Å². The van der Waals surface area contributed by atoms with Crippen molar-refractivity contribution >= 4 is 23.1 Å². The molecular weight excluding hydrogens is 248 g/mol. The Balaban J connectivity index is 2.51. The van der Waals surface area contributed by atoms with Crippen molar-refractivity contribution in [1.82, 2.24) is 0 Å². The van der Waals surface area contributed by atoms with E-state index >= 15 is 0 Å². The predicted octanol–water partition coefficient (Wildman–Crippen LogP) is 3.95. The minimum absolute atomic E-state index is 0.0777. The van der Waals surface area contributed by atoms with Crippen LogP contribution in [0.4, 0.5) is 0 Å². The van der Waals surface area contributed by atoms with Gasteiger partial charge in [-0.1, -0.05) is 44.2 Å². The average molecular weight is 265 g/mol. The second-order valence-electron chi connectivity index (χ2n) is 5.47. The van der Waals surface area contributed by atoms with E-state index < -0.39 is 5.97 Å². The Kier molecular flexibility index (Phi) is 3.49. The zero-order chi connectivity index (χ0) is 13.3. The number of aliphatic carboxylic acids is 1. The third kappa shape index (κ3) is 2.44. The van der Waals surface area contributed by atoms with Crippen LogP contribution >= 0.6 is 11.6 Å². The van der Waals surface area contributed by atoms with Gasteiger partial charge in [-0.2, -0.15) is 0 Å². The Bertz CT molecular complexity index is 488. The maximum absolute atomic E-state index is 11.4. The van der Waals surface area contributed by atoms with Gasteiger partial charge in [0.2, 0.25) is 0 Å². The molecule has 2 nitrogen and oxygen atoms in total. The number of rotatable bonds is 2. The first kappa shape index (κ1) is 13.2. The number of carbonyl (C=O) groups is 1. The number of alkyl halides is 1. The van der Waals surface area contributed by atoms with Crippen LogP contribution in [0.1, 0.15) is 32.3 Å². The van der Waals surface area contributed by atoms with Crippen LogP contribution in [0.25, 0.3) is 5.57 Å². The van der Waals surface area contributed by atoms with Crippen molar-refractivity contribution in [3.8, 4) is 0 Å². The number of carboxylic acid groups (broad SMARTS) is 1. The molecule has 96 valence electrons. The van der Waals surface area contributed by atoms with E-state index in [0.29, 0.717) is 18.4 Å². The van der Waals surface area contributed by atoms with Crippen LogP contribution in [0.3, 0.4) is 0 Å². The lowest BCUT2D eigenvalue weighted by Crippen LogP contribution is -2.31. The summed E-state index contributed by atoms with van der Waals surface area (Å²) in [6, 6.07) is 9.72. The highest BCUT2D eigenvalue weighted by Crippen LogP contribution is 2.45. The largest absolute Gasteiger partial charge is 0.478 e. The molecular formula is C15H17ClO2. The van der Waals surface area contributed by atoms with Crippen LogP contribution in [0.15, 0.2) is 35.9 Å². The third-order valence-corrected chi connectivity index (χ3v) is 4.35. The van der Waals surface area contributed by atoms with Crippen molar-refractivity contribution in [2.24, 2.45) is 5.41 Å². The van der Waals surface area contributed by atoms with Crippen molar-refractivity contribution in [2.45, 2.75) is 32.1 Å². The highest BCUT2D eigenvalue weighted by Gasteiger charge is 2.37. The van der Waals surface area contributed by atoms with E-state index in [1.165, 1.54) is 0 Å². The summed E-state index contributed by atoms with van der Waals surface area (Å²) < 4.78 is 0. The molecule has 0 saturated carbocycles. The van der Waals surface area contributed by atoms with Gasteiger partial charge in [0.25, 0.3) is 0 Å². The fourth-order valence-corrected chi connectivity index (χ4v) is 2.62. The minimum Gasteiger partial charge on any atom is -0.478 e. The second kappa shape index (κ2) is 4.77. The summed E-state index contributed by atoms with van der Waals surface area (Å²) in [5, 5.41) is 9.21. The fourth-order valence-electron chi connectivity index (χ4n) is 2.38. The van der Waals surface area contributed by atoms with Crippen LogP contribution in [0.5, 0.6) is 0 Å². The van der Waals surface area contributed by atoms with Crippen molar-refractivity contribution in [3.05, 3.63) is 41.5 Å². The molecule has 1 aliphatic rings. The minimum atomic E-state index is -0.852. The van der Waals surface area contributed by atoms with E-state index in [4.69, 9.17) is 11.6 Å². The van der Waals surface area contributed by atoms with Gasteiger partial charge in [0.1, 0.15) is 0 Å². The van der Waals surface area contributed by atoms with Gasteiger partial charge in [0, 0.05) is 11.0 Å². The van der Waals surface area contributed by atoms with Gasteiger partial charge in [-0.15, -0.1) is 11.6 Å². The molecule has 2 rings (SSSR count).